The molecule has 0 atom stereocenters. The van der Waals surface area contributed by atoms with Gasteiger partial charge in [0.25, 0.3) is 0 Å². The number of hydrogen-bond donors (Lipinski definition) is 2. The predicted octanol–water partition coefficient (Wildman–Crippen LogP) is 4.49. The van der Waals surface area contributed by atoms with E-state index in [1.54, 1.807) is 18.0 Å². The van der Waals surface area contributed by atoms with Gasteiger partial charge in [0, 0.05) is 17.7 Å². The van der Waals surface area contributed by atoms with E-state index >= 15 is 0 Å². The van der Waals surface area contributed by atoms with Gasteiger partial charge in [-0.25, -0.2) is 4.79 Å². The van der Waals surface area contributed by atoms with Crippen LogP contribution in [0.5, 0.6) is 0 Å². The van der Waals surface area contributed by atoms with Gasteiger partial charge in [0.1, 0.15) is 5.76 Å². The van der Waals surface area contributed by atoms with Crippen LogP contribution in [0.15, 0.2) is 65.3 Å². The van der Waals surface area contributed by atoms with Crippen LogP contribution in [0.1, 0.15) is 5.76 Å². The van der Waals surface area contributed by atoms with Gasteiger partial charge in [-0.15, -0.1) is 0 Å². The molecule has 0 aliphatic rings. The normalized spacial score (nSPS) is 10.6. The first-order chi connectivity index (χ1) is 11.3. The Labute approximate surface area is 139 Å². The van der Waals surface area contributed by atoms with Crippen LogP contribution in [0.2, 0.25) is 0 Å². The third-order valence-corrected chi connectivity index (χ3v) is 4.38. The van der Waals surface area contributed by atoms with Crippen LogP contribution in [0, 0.1) is 0 Å². The van der Waals surface area contributed by atoms with Crippen molar-refractivity contribution < 1.29 is 9.21 Å². The maximum Gasteiger partial charge on any atom is 0.319 e. The molecule has 0 spiro atoms. The minimum absolute atomic E-state index is 0.181. The molecule has 2 amide bonds. The van der Waals surface area contributed by atoms with Crippen molar-refractivity contribution in [1.82, 2.24) is 5.32 Å². The maximum atomic E-state index is 12.0. The van der Waals surface area contributed by atoms with Crippen LogP contribution in [0.3, 0.4) is 0 Å². The first-order valence-electron chi connectivity index (χ1n) is 7.46. The number of furan rings is 1. The van der Waals surface area contributed by atoms with Crippen molar-refractivity contribution in [3.8, 4) is 0 Å². The van der Waals surface area contributed by atoms with Crippen LogP contribution in [-0.2, 0) is 5.75 Å². The van der Waals surface area contributed by atoms with E-state index in [9.17, 15) is 4.79 Å². The first-order valence-corrected chi connectivity index (χ1v) is 8.61. The van der Waals surface area contributed by atoms with Gasteiger partial charge in [-0.3, -0.25) is 0 Å². The van der Waals surface area contributed by atoms with Gasteiger partial charge in [-0.1, -0.05) is 36.4 Å². The molecule has 2 aromatic carbocycles. The van der Waals surface area contributed by atoms with Crippen molar-refractivity contribution in [2.75, 3.05) is 17.6 Å². The van der Waals surface area contributed by atoms with Crippen LogP contribution < -0.4 is 10.6 Å². The third kappa shape index (κ3) is 4.29. The van der Waals surface area contributed by atoms with Crippen LogP contribution in [-0.4, -0.2) is 18.3 Å². The zero-order valence-electron chi connectivity index (χ0n) is 12.6. The zero-order chi connectivity index (χ0) is 15.9. The lowest BCUT2D eigenvalue weighted by molar-refractivity contribution is 0.252. The molecule has 3 rings (SSSR count). The molecular formula is C18H18N2O2S. The van der Waals surface area contributed by atoms with Gasteiger partial charge in [0.2, 0.25) is 0 Å². The molecule has 0 unspecified atom stereocenters. The summed E-state index contributed by atoms with van der Waals surface area (Å²) in [7, 11) is 0. The Balaban J connectivity index is 1.45. The van der Waals surface area contributed by atoms with Crippen molar-refractivity contribution >= 4 is 34.3 Å². The predicted molar refractivity (Wildman–Crippen MR) is 95.8 cm³/mol. The van der Waals surface area contributed by atoms with Crippen molar-refractivity contribution in [2.45, 2.75) is 5.75 Å². The average molecular weight is 326 g/mol. The number of urea groups is 1. The lowest BCUT2D eigenvalue weighted by Gasteiger charge is -2.10. The summed E-state index contributed by atoms with van der Waals surface area (Å²) in [6.45, 7) is 0.613. The highest BCUT2D eigenvalue weighted by molar-refractivity contribution is 7.98. The number of carbonyl (C=O) groups excluding carboxylic acids is 1. The number of thioether (sulfide) groups is 1. The lowest BCUT2D eigenvalue weighted by Crippen LogP contribution is -2.30. The smallest absolute Gasteiger partial charge is 0.319 e. The molecule has 3 aromatic rings. The summed E-state index contributed by atoms with van der Waals surface area (Å²) >= 11 is 1.73. The molecule has 5 heteroatoms. The fourth-order valence-corrected chi connectivity index (χ4v) is 3.06. The molecule has 0 aliphatic heterocycles. The summed E-state index contributed by atoms with van der Waals surface area (Å²) in [5.41, 5.74) is 0.823. The Morgan fingerprint density at radius 3 is 2.78 bits per heavy atom. The Morgan fingerprint density at radius 1 is 1.04 bits per heavy atom. The van der Waals surface area contributed by atoms with E-state index in [1.807, 2.05) is 54.6 Å². The Hall–Kier alpha value is -2.40. The first kappa shape index (κ1) is 15.5. The van der Waals surface area contributed by atoms with E-state index in [0.29, 0.717) is 6.54 Å². The quantitative estimate of drug-likeness (QED) is 0.656. The van der Waals surface area contributed by atoms with E-state index in [4.69, 9.17) is 4.42 Å². The van der Waals surface area contributed by atoms with Crippen LogP contribution in [0.25, 0.3) is 10.8 Å². The van der Waals surface area contributed by atoms with Gasteiger partial charge in [0.15, 0.2) is 0 Å². The molecule has 0 aliphatic carbocycles. The molecule has 118 valence electrons. The minimum atomic E-state index is -0.181. The summed E-state index contributed by atoms with van der Waals surface area (Å²) in [4.78, 5) is 12.0. The summed E-state index contributed by atoms with van der Waals surface area (Å²) in [6.07, 6.45) is 1.67. The number of rotatable bonds is 6. The summed E-state index contributed by atoms with van der Waals surface area (Å²) in [5, 5.41) is 7.94. The number of anilines is 1. The highest BCUT2D eigenvalue weighted by atomic mass is 32.2. The molecule has 0 bridgehead atoms. The Morgan fingerprint density at radius 2 is 1.91 bits per heavy atom. The van der Waals surface area contributed by atoms with Gasteiger partial charge in [-0.05, 0) is 23.6 Å². The second-order valence-electron chi connectivity index (χ2n) is 5.04. The number of nitrogens with one attached hydrogen (secondary N) is 2. The maximum absolute atomic E-state index is 12.0. The summed E-state index contributed by atoms with van der Waals surface area (Å²) in [6, 6.07) is 17.5. The van der Waals surface area contributed by atoms with E-state index in [-0.39, 0.29) is 6.03 Å². The largest absolute Gasteiger partial charge is 0.468 e. The molecule has 23 heavy (non-hydrogen) atoms. The van der Waals surface area contributed by atoms with Crippen molar-refractivity contribution in [3.05, 3.63) is 66.6 Å². The number of carbonyl (C=O) groups is 1. The van der Waals surface area contributed by atoms with E-state index in [2.05, 4.69) is 10.6 Å². The number of benzene rings is 2. The van der Waals surface area contributed by atoms with Crippen LogP contribution in [0.4, 0.5) is 10.5 Å². The highest BCUT2D eigenvalue weighted by Gasteiger charge is 2.04. The summed E-state index contributed by atoms with van der Waals surface area (Å²) < 4.78 is 5.26. The number of amides is 2. The second-order valence-corrected chi connectivity index (χ2v) is 6.14. The van der Waals surface area contributed by atoms with Crippen molar-refractivity contribution in [3.63, 3.8) is 0 Å². The van der Waals surface area contributed by atoms with E-state index < -0.39 is 0 Å². The van der Waals surface area contributed by atoms with Crippen LogP contribution >= 0.6 is 11.8 Å². The molecule has 1 aromatic heterocycles. The molecule has 4 nitrogen and oxygen atoms in total. The number of fused-ring (bicyclic) bond motifs is 1. The van der Waals surface area contributed by atoms with Crippen molar-refractivity contribution in [2.24, 2.45) is 0 Å². The fourth-order valence-electron chi connectivity index (χ4n) is 2.31. The standard InChI is InChI=1S/C18H18N2O2S/c21-18(19-10-12-23-13-15-7-4-11-22-15)20-17-9-3-6-14-5-1-2-8-16(14)17/h1-9,11H,10,12-13H2,(H2,19,20,21). The molecule has 2 N–H and O–H groups in total. The molecule has 1 heterocycles. The molecule has 0 radical (unpaired) electrons. The molecular weight excluding hydrogens is 308 g/mol. The molecule has 0 saturated carbocycles. The second kappa shape index (κ2) is 7.74. The zero-order valence-corrected chi connectivity index (χ0v) is 13.4. The fraction of sp³-hybridized carbons (Fsp3) is 0.167. The molecule has 0 saturated heterocycles. The number of hydrogen-bond acceptors (Lipinski definition) is 3. The highest BCUT2D eigenvalue weighted by Crippen LogP contribution is 2.22. The summed E-state index contributed by atoms with van der Waals surface area (Å²) in [5.74, 6) is 2.61. The SMILES string of the molecule is O=C(NCCSCc1ccco1)Nc1cccc2ccccc12. The Bertz CT molecular complexity index is 766. The Kier molecular flexibility index (Phi) is 5.21. The van der Waals surface area contributed by atoms with Gasteiger partial charge >= 0.3 is 6.03 Å². The topological polar surface area (TPSA) is 54.3 Å². The minimum Gasteiger partial charge on any atom is -0.468 e. The molecule has 0 fully saturated rings. The van der Waals surface area contributed by atoms with E-state index in [1.165, 1.54) is 0 Å². The average Bonchev–Trinajstić information content (AvgIpc) is 3.08. The van der Waals surface area contributed by atoms with Gasteiger partial charge in [-0.2, -0.15) is 11.8 Å². The van der Waals surface area contributed by atoms with Gasteiger partial charge in [0.05, 0.1) is 17.7 Å². The monoisotopic (exact) mass is 326 g/mol. The van der Waals surface area contributed by atoms with E-state index in [0.717, 1.165) is 33.7 Å². The third-order valence-electron chi connectivity index (χ3n) is 3.39. The van der Waals surface area contributed by atoms with Gasteiger partial charge < -0.3 is 15.1 Å². The lowest BCUT2D eigenvalue weighted by atomic mass is 10.1. The van der Waals surface area contributed by atoms with Crippen molar-refractivity contribution in [1.29, 1.82) is 0 Å².